The van der Waals surface area contributed by atoms with Gasteiger partial charge in [0.2, 0.25) is 5.91 Å². The normalized spacial score (nSPS) is 14.6. The molecule has 0 unspecified atom stereocenters. The predicted octanol–water partition coefficient (Wildman–Crippen LogP) is 3.58. The molecule has 3 rings (SSSR count). The lowest BCUT2D eigenvalue weighted by molar-refractivity contribution is -0.121. The number of carbonyl (C=O) groups is 1. The Balaban J connectivity index is 1.93. The number of hydrazone groups is 1. The summed E-state index contributed by atoms with van der Waals surface area (Å²) in [4.78, 5) is 11.2. The molecule has 2 aromatic carbocycles. The number of aryl methyl sites for hydroxylation is 2. The highest BCUT2D eigenvalue weighted by Crippen LogP contribution is 2.25. The van der Waals surface area contributed by atoms with Crippen molar-refractivity contribution in [2.24, 2.45) is 5.10 Å². The topological polar surface area (TPSA) is 41.5 Å². The van der Waals surface area contributed by atoms with Crippen LogP contribution in [0.25, 0.3) is 11.1 Å². The summed E-state index contributed by atoms with van der Waals surface area (Å²) in [5, 5.41) is 4.15. The maximum atomic E-state index is 11.2. The largest absolute Gasteiger partial charge is 0.273 e. The van der Waals surface area contributed by atoms with Crippen molar-refractivity contribution in [3.8, 4) is 11.1 Å². The van der Waals surface area contributed by atoms with Gasteiger partial charge in [0.1, 0.15) is 0 Å². The Labute approximate surface area is 124 Å². The Hall–Kier alpha value is -2.42. The number of hydrogen-bond donors (Lipinski definition) is 1. The van der Waals surface area contributed by atoms with Gasteiger partial charge in [0.15, 0.2) is 0 Å². The van der Waals surface area contributed by atoms with Gasteiger partial charge in [-0.3, -0.25) is 4.79 Å². The number of carbonyl (C=O) groups excluding carboxylic acids is 1. The molecule has 1 aliphatic rings. The summed E-state index contributed by atoms with van der Waals surface area (Å²) < 4.78 is 0. The molecule has 0 spiro atoms. The molecule has 0 bridgehead atoms. The van der Waals surface area contributed by atoms with E-state index in [2.05, 4.69) is 66.8 Å². The first kappa shape index (κ1) is 13.6. The minimum absolute atomic E-state index is 0.00764. The molecule has 0 aliphatic carbocycles. The van der Waals surface area contributed by atoms with E-state index < -0.39 is 0 Å². The standard InChI is InChI=1S/C18H18N2O/c1-12-3-5-14(6-4-12)16-8-7-15(11-13(16)2)17-9-10-18(21)20-19-17/h3-8,11H,9-10H2,1-2H3,(H,20,21). The van der Waals surface area contributed by atoms with E-state index in [0.717, 1.165) is 11.3 Å². The highest BCUT2D eigenvalue weighted by atomic mass is 16.2. The third-order valence-electron chi connectivity index (χ3n) is 3.83. The van der Waals surface area contributed by atoms with E-state index in [1.165, 1.54) is 22.3 Å². The second-order valence-electron chi connectivity index (χ2n) is 5.49. The Morgan fingerprint density at radius 3 is 2.29 bits per heavy atom. The zero-order chi connectivity index (χ0) is 14.8. The summed E-state index contributed by atoms with van der Waals surface area (Å²) in [6, 6.07) is 14.9. The van der Waals surface area contributed by atoms with Gasteiger partial charge in [-0.2, -0.15) is 5.10 Å². The minimum atomic E-state index is -0.00764. The van der Waals surface area contributed by atoms with E-state index in [1.54, 1.807) is 0 Å². The van der Waals surface area contributed by atoms with Gasteiger partial charge in [-0.15, -0.1) is 0 Å². The molecule has 0 saturated carbocycles. The second kappa shape index (κ2) is 5.52. The molecule has 3 nitrogen and oxygen atoms in total. The van der Waals surface area contributed by atoms with E-state index >= 15 is 0 Å². The second-order valence-corrected chi connectivity index (χ2v) is 5.49. The van der Waals surface area contributed by atoms with Crippen LogP contribution in [0.15, 0.2) is 47.6 Å². The summed E-state index contributed by atoms with van der Waals surface area (Å²) in [7, 11) is 0. The zero-order valence-corrected chi connectivity index (χ0v) is 12.3. The SMILES string of the molecule is Cc1ccc(-c2ccc(C3=NNC(=O)CC3)cc2C)cc1. The molecule has 1 heterocycles. The summed E-state index contributed by atoms with van der Waals surface area (Å²) in [5.41, 5.74) is 9.53. The van der Waals surface area contributed by atoms with Crippen molar-refractivity contribution < 1.29 is 4.79 Å². The third kappa shape index (κ3) is 2.87. The highest BCUT2D eigenvalue weighted by molar-refractivity contribution is 6.04. The van der Waals surface area contributed by atoms with Gasteiger partial charge in [-0.05, 0) is 42.2 Å². The molecule has 0 atom stereocenters. The molecule has 0 aromatic heterocycles. The van der Waals surface area contributed by atoms with Crippen molar-refractivity contribution >= 4 is 11.6 Å². The smallest absolute Gasteiger partial charge is 0.240 e. The van der Waals surface area contributed by atoms with Crippen molar-refractivity contribution in [3.05, 3.63) is 59.2 Å². The number of nitrogens with zero attached hydrogens (tertiary/aromatic N) is 1. The van der Waals surface area contributed by atoms with Gasteiger partial charge in [-0.1, -0.05) is 42.0 Å². The molecule has 106 valence electrons. The lowest BCUT2D eigenvalue weighted by Crippen LogP contribution is -2.25. The van der Waals surface area contributed by atoms with Crippen molar-refractivity contribution in [1.29, 1.82) is 0 Å². The minimum Gasteiger partial charge on any atom is -0.273 e. The average molecular weight is 278 g/mol. The lowest BCUT2D eigenvalue weighted by atomic mass is 9.95. The first-order valence-corrected chi connectivity index (χ1v) is 7.17. The fourth-order valence-electron chi connectivity index (χ4n) is 2.58. The first-order valence-electron chi connectivity index (χ1n) is 7.17. The number of rotatable bonds is 2. The van der Waals surface area contributed by atoms with Crippen LogP contribution in [0.3, 0.4) is 0 Å². The fourth-order valence-corrected chi connectivity index (χ4v) is 2.58. The highest BCUT2D eigenvalue weighted by Gasteiger charge is 2.14. The lowest BCUT2D eigenvalue weighted by Gasteiger charge is -2.14. The number of amides is 1. The van der Waals surface area contributed by atoms with E-state index in [1.807, 2.05) is 0 Å². The van der Waals surface area contributed by atoms with E-state index in [9.17, 15) is 4.79 Å². The van der Waals surface area contributed by atoms with Crippen LogP contribution in [0, 0.1) is 13.8 Å². The maximum Gasteiger partial charge on any atom is 0.240 e. The predicted molar refractivity (Wildman–Crippen MR) is 85.3 cm³/mol. The van der Waals surface area contributed by atoms with Gasteiger partial charge in [-0.25, -0.2) is 5.43 Å². The molecule has 0 fully saturated rings. The van der Waals surface area contributed by atoms with E-state index in [0.29, 0.717) is 12.8 Å². The molecule has 2 aromatic rings. The first-order chi connectivity index (χ1) is 10.1. The molecular formula is C18H18N2O. The van der Waals surface area contributed by atoms with Crippen molar-refractivity contribution in [2.75, 3.05) is 0 Å². The van der Waals surface area contributed by atoms with Crippen LogP contribution >= 0.6 is 0 Å². The maximum absolute atomic E-state index is 11.2. The summed E-state index contributed by atoms with van der Waals surface area (Å²) >= 11 is 0. The van der Waals surface area contributed by atoms with E-state index in [4.69, 9.17) is 0 Å². The van der Waals surface area contributed by atoms with Crippen LogP contribution in [0.1, 0.15) is 29.5 Å². The van der Waals surface area contributed by atoms with Crippen LogP contribution < -0.4 is 5.43 Å². The Morgan fingerprint density at radius 2 is 1.67 bits per heavy atom. The molecule has 1 amide bonds. The number of nitrogens with one attached hydrogen (secondary N) is 1. The van der Waals surface area contributed by atoms with Crippen LogP contribution in [-0.2, 0) is 4.79 Å². The van der Waals surface area contributed by atoms with Gasteiger partial charge in [0.25, 0.3) is 0 Å². The van der Waals surface area contributed by atoms with Crippen molar-refractivity contribution in [2.45, 2.75) is 26.7 Å². The zero-order valence-electron chi connectivity index (χ0n) is 12.3. The van der Waals surface area contributed by atoms with Crippen molar-refractivity contribution in [3.63, 3.8) is 0 Å². The Bertz CT molecular complexity index is 714. The molecule has 0 radical (unpaired) electrons. The average Bonchev–Trinajstić information content (AvgIpc) is 2.49. The fraction of sp³-hybridized carbons (Fsp3) is 0.222. The quantitative estimate of drug-likeness (QED) is 0.896. The van der Waals surface area contributed by atoms with Crippen LogP contribution in [-0.4, -0.2) is 11.6 Å². The third-order valence-corrected chi connectivity index (χ3v) is 3.83. The van der Waals surface area contributed by atoms with Gasteiger partial charge in [0.05, 0.1) is 5.71 Å². The van der Waals surface area contributed by atoms with Gasteiger partial charge in [0, 0.05) is 12.8 Å². The molecule has 1 N–H and O–H groups in total. The van der Waals surface area contributed by atoms with E-state index in [-0.39, 0.29) is 5.91 Å². The van der Waals surface area contributed by atoms with Crippen LogP contribution in [0.5, 0.6) is 0 Å². The Morgan fingerprint density at radius 1 is 0.952 bits per heavy atom. The van der Waals surface area contributed by atoms with Gasteiger partial charge >= 0.3 is 0 Å². The molecule has 21 heavy (non-hydrogen) atoms. The summed E-state index contributed by atoms with van der Waals surface area (Å²) in [6.07, 6.45) is 1.22. The summed E-state index contributed by atoms with van der Waals surface area (Å²) in [5.74, 6) is -0.00764. The number of benzene rings is 2. The van der Waals surface area contributed by atoms with Gasteiger partial charge < -0.3 is 0 Å². The van der Waals surface area contributed by atoms with Crippen LogP contribution in [0.2, 0.25) is 0 Å². The monoisotopic (exact) mass is 278 g/mol. The molecule has 3 heteroatoms. The molecule has 0 saturated heterocycles. The number of hydrogen-bond acceptors (Lipinski definition) is 2. The Kier molecular flexibility index (Phi) is 3.57. The molecule has 1 aliphatic heterocycles. The summed E-state index contributed by atoms with van der Waals surface area (Å²) in [6.45, 7) is 4.20. The molecular weight excluding hydrogens is 260 g/mol. The van der Waals surface area contributed by atoms with Crippen LogP contribution in [0.4, 0.5) is 0 Å². The van der Waals surface area contributed by atoms with Crippen molar-refractivity contribution in [1.82, 2.24) is 5.43 Å².